The Kier molecular flexibility index (Phi) is 4.05. The van der Waals surface area contributed by atoms with Crippen molar-refractivity contribution in [3.63, 3.8) is 0 Å². The van der Waals surface area contributed by atoms with Gasteiger partial charge in [-0.25, -0.2) is 4.98 Å². The summed E-state index contributed by atoms with van der Waals surface area (Å²) in [5.41, 5.74) is 0.481. The third-order valence-corrected chi connectivity index (χ3v) is 2.13. The first kappa shape index (κ1) is 13.2. The summed E-state index contributed by atoms with van der Waals surface area (Å²) in [7, 11) is 1.74. The second-order valence-corrected chi connectivity index (χ2v) is 3.18. The Morgan fingerprint density at radius 1 is 1.27 bits per heavy atom. The van der Waals surface area contributed by atoms with E-state index in [9.17, 15) is 12.9 Å². The third kappa shape index (κ3) is 2.65. The molecular weight excluding hydrogens is 231 g/mol. The molecule has 0 saturated carbocycles. The fourth-order valence-electron chi connectivity index (χ4n) is 1.36. The molecule has 2 nitrogen and oxygen atoms in total. The molecule has 0 fully saturated rings. The van der Waals surface area contributed by atoms with Gasteiger partial charge in [-0.3, -0.25) is 0 Å². The van der Waals surface area contributed by atoms with Crippen LogP contribution in [0.3, 0.4) is 0 Å². The Hall–Kier alpha value is 0.181. The van der Waals surface area contributed by atoms with E-state index in [0.717, 1.165) is 12.1 Å². The first-order chi connectivity index (χ1) is 6.48. The molecule has 0 spiro atoms. The van der Waals surface area contributed by atoms with Gasteiger partial charge in [0.2, 0.25) is 0 Å². The zero-order valence-corrected chi connectivity index (χ0v) is 11.5. The molecule has 0 amide bonds. The maximum atomic E-state index is 12.4. The van der Waals surface area contributed by atoms with Crippen LogP contribution >= 0.6 is 0 Å². The summed E-state index contributed by atoms with van der Waals surface area (Å²) in [6.07, 6.45) is 1.50. The SMILES string of the molecule is Cn1cnc2cc([B-](F)(F)F)ccc21.[K+]. The molecule has 0 aliphatic heterocycles. The van der Waals surface area contributed by atoms with Crippen molar-refractivity contribution in [2.45, 2.75) is 0 Å². The molecule has 2 aromatic rings. The Balaban J connectivity index is 0.00000112. The number of fused-ring (bicyclic) bond motifs is 1. The molecule has 1 aromatic carbocycles. The monoisotopic (exact) mass is 238 g/mol. The smallest absolute Gasteiger partial charge is 0.445 e. The van der Waals surface area contributed by atoms with Crippen molar-refractivity contribution in [1.29, 1.82) is 0 Å². The molecule has 0 aliphatic carbocycles. The van der Waals surface area contributed by atoms with Gasteiger partial charge >= 0.3 is 58.4 Å². The topological polar surface area (TPSA) is 17.8 Å². The van der Waals surface area contributed by atoms with Crippen LogP contribution in [0.25, 0.3) is 11.0 Å². The van der Waals surface area contributed by atoms with Crippen molar-refractivity contribution >= 4 is 23.5 Å². The minimum Gasteiger partial charge on any atom is -0.445 e. The molecule has 7 heteroatoms. The van der Waals surface area contributed by atoms with Gasteiger partial charge in [0.1, 0.15) is 0 Å². The van der Waals surface area contributed by atoms with E-state index in [1.807, 2.05) is 0 Å². The second-order valence-electron chi connectivity index (χ2n) is 3.18. The number of benzene rings is 1. The molecule has 0 unspecified atom stereocenters. The summed E-state index contributed by atoms with van der Waals surface area (Å²) in [5.74, 6) is 0. The van der Waals surface area contributed by atoms with E-state index >= 15 is 0 Å². The predicted octanol–water partition coefficient (Wildman–Crippen LogP) is -1.37. The summed E-state index contributed by atoms with van der Waals surface area (Å²) >= 11 is 0. The van der Waals surface area contributed by atoms with Gasteiger partial charge in [-0.05, 0) is 6.07 Å². The fraction of sp³-hybridized carbons (Fsp3) is 0.125. The molecule has 2 rings (SSSR count). The molecule has 1 aromatic heterocycles. The van der Waals surface area contributed by atoms with Gasteiger partial charge in [-0.15, -0.1) is 5.46 Å². The summed E-state index contributed by atoms with van der Waals surface area (Å²) in [4.78, 5) is 3.87. The average Bonchev–Trinajstić information content (AvgIpc) is 2.46. The molecule has 0 bridgehead atoms. The summed E-state index contributed by atoms with van der Waals surface area (Å²) < 4.78 is 38.7. The van der Waals surface area contributed by atoms with Gasteiger partial charge in [-0.2, -0.15) is 0 Å². The first-order valence-electron chi connectivity index (χ1n) is 4.09. The zero-order chi connectivity index (χ0) is 10.3. The van der Waals surface area contributed by atoms with Crippen LogP contribution < -0.4 is 56.8 Å². The molecular formula is C8H7BF3KN2. The Labute approximate surface area is 127 Å². The van der Waals surface area contributed by atoms with Crippen LogP contribution in [-0.2, 0) is 7.05 Å². The number of hydrogen-bond donors (Lipinski definition) is 0. The van der Waals surface area contributed by atoms with E-state index in [2.05, 4.69) is 4.98 Å². The summed E-state index contributed by atoms with van der Waals surface area (Å²) in [5, 5.41) is 0. The maximum absolute atomic E-state index is 12.4. The van der Waals surface area contributed by atoms with Gasteiger partial charge in [0.05, 0.1) is 17.4 Å². The van der Waals surface area contributed by atoms with Crippen LogP contribution in [0.1, 0.15) is 0 Å². The van der Waals surface area contributed by atoms with E-state index in [1.165, 1.54) is 12.4 Å². The molecule has 1 heterocycles. The Bertz CT molecular complexity index is 480. The minimum absolute atomic E-state index is 0. The zero-order valence-electron chi connectivity index (χ0n) is 8.42. The Morgan fingerprint density at radius 3 is 2.53 bits per heavy atom. The number of rotatable bonds is 1. The summed E-state index contributed by atoms with van der Waals surface area (Å²) in [6.45, 7) is -4.93. The van der Waals surface area contributed by atoms with E-state index in [1.54, 1.807) is 11.6 Å². The number of aryl methyl sites for hydroxylation is 1. The van der Waals surface area contributed by atoms with Crippen LogP contribution in [0.15, 0.2) is 24.5 Å². The molecule has 74 valence electrons. The van der Waals surface area contributed by atoms with Crippen LogP contribution in [0.2, 0.25) is 0 Å². The van der Waals surface area contributed by atoms with Crippen LogP contribution in [0.4, 0.5) is 12.9 Å². The van der Waals surface area contributed by atoms with Crippen molar-refractivity contribution in [1.82, 2.24) is 9.55 Å². The number of hydrogen-bond acceptors (Lipinski definition) is 1. The van der Waals surface area contributed by atoms with E-state index in [4.69, 9.17) is 0 Å². The van der Waals surface area contributed by atoms with Gasteiger partial charge < -0.3 is 17.5 Å². The van der Waals surface area contributed by atoms with Crippen molar-refractivity contribution in [2.75, 3.05) is 0 Å². The molecule has 15 heavy (non-hydrogen) atoms. The number of aromatic nitrogens is 2. The molecule has 0 atom stereocenters. The first-order valence-corrected chi connectivity index (χ1v) is 4.09. The van der Waals surface area contributed by atoms with Crippen molar-refractivity contribution in [3.8, 4) is 0 Å². The molecule has 0 radical (unpaired) electrons. The minimum atomic E-state index is -4.93. The normalized spacial score (nSPS) is 11.5. The average molecular weight is 238 g/mol. The van der Waals surface area contributed by atoms with Crippen LogP contribution in [-0.4, -0.2) is 16.5 Å². The number of nitrogens with zero attached hydrogens (tertiary/aromatic N) is 2. The predicted molar refractivity (Wildman–Crippen MR) is 49.4 cm³/mol. The number of imidazole rings is 1. The van der Waals surface area contributed by atoms with Crippen molar-refractivity contribution < 1.29 is 64.3 Å². The summed E-state index contributed by atoms with van der Waals surface area (Å²) in [6, 6.07) is 3.60. The van der Waals surface area contributed by atoms with E-state index < -0.39 is 12.4 Å². The Morgan fingerprint density at radius 2 is 1.93 bits per heavy atom. The van der Waals surface area contributed by atoms with Crippen molar-refractivity contribution in [3.05, 3.63) is 24.5 Å². The molecule has 0 saturated heterocycles. The molecule has 0 aliphatic rings. The standard InChI is InChI=1S/C8H7BF3N2.K/c1-14-5-13-7-4-6(9(10,11)12)2-3-8(7)14;/h2-5H,1H3;/q-1;+1. The van der Waals surface area contributed by atoms with Crippen molar-refractivity contribution in [2.24, 2.45) is 7.05 Å². The maximum Gasteiger partial charge on any atom is 1.00 e. The van der Waals surface area contributed by atoms with Gasteiger partial charge in [0.25, 0.3) is 0 Å². The largest absolute Gasteiger partial charge is 1.00 e. The van der Waals surface area contributed by atoms with E-state index in [-0.39, 0.29) is 51.4 Å². The van der Waals surface area contributed by atoms with Crippen LogP contribution in [0.5, 0.6) is 0 Å². The second kappa shape index (κ2) is 4.59. The number of halogens is 3. The fourth-order valence-corrected chi connectivity index (χ4v) is 1.36. The van der Waals surface area contributed by atoms with E-state index in [0.29, 0.717) is 11.0 Å². The van der Waals surface area contributed by atoms with Gasteiger partial charge in [0, 0.05) is 7.05 Å². The van der Waals surface area contributed by atoms with Crippen LogP contribution in [0, 0.1) is 0 Å². The third-order valence-electron chi connectivity index (χ3n) is 2.13. The van der Waals surface area contributed by atoms with Gasteiger partial charge in [-0.1, -0.05) is 12.1 Å². The quantitative estimate of drug-likeness (QED) is 0.560. The molecule has 0 N–H and O–H groups in total. The van der Waals surface area contributed by atoms with Gasteiger partial charge in [0.15, 0.2) is 0 Å².